The Labute approximate surface area is 98.6 Å². The van der Waals surface area contributed by atoms with Gasteiger partial charge in [-0.3, -0.25) is 19.3 Å². The number of carbonyl (C=O) groups is 4. The van der Waals surface area contributed by atoms with Crippen LogP contribution >= 0.6 is 0 Å². The van der Waals surface area contributed by atoms with Gasteiger partial charge in [0.15, 0.2) is 0 Å². The van der Waals surface area contributed by atoms with Gasteiger partial charge in [-0.25, -0.2) is 0 Å². The molecule has 1 aliphatic rings. The number of hydrogen-bond acceptors (Lipinski definition) is 4. The fourth-order valence-corrected chi connectivity index (χ4v) is 1.32. The summed E-state index contributed by atoms with van der Waals surface area (Å²) in [5.74, 6) is -1.60. The molecular formula is C11H14N2O4. The Balaban J connectivity index is 2.53. The van der Waals surface area contributed by atoms with Crippen molar-refractivity contribution in [2.75, 3.05) is 6.54 Å². The number of hydrogen-bond donors (Lipinski definition) is 1. The van der Waals surface area contributed by atoms with E-state index in [-0.39, 0.29) is 12.5 Å². The summed E-state index contributed by atoms with van der Waals surface area (Å²) in [7, 11) is 0. The topological polar surface area (TPSA) is 83.6 Å². The molecule has 6 heteroatoms. The van der Waals surface area contributed by atoms with E-state index in [0.717, 1.165) is 17.1 Å². The van der Waals surface area contributed by atoms with Crippen molar-refractivity contribution in [3.63, 3.8) is 0 Å². The zero-order chi connectivity index (χ0) is 13.0. The van der Waals surface area contributed by atoms with Gasteiger partial charge in [0.2, 0.25) is 5.91 Å². The number of amides is 3. The molecule has 6 nitrogen and oxygen atoms in total. The van der Waals surface area contributed by atoms with E-state index in [1.54, 1.807) is 13.8 Å². The molecule has 1 aliphatic heterocycles. The Morgan fingerprint density at radius 2 is 1.88 bits per heavy atom. The largest absolute Gasteiger partial charge is 0.345 e. The maximum Gasteiger partial charge on any atom is 0.254 e. The zero-order valence-corrected chi connectivity index (χ0v) is 9.67. The molecule has 3 amide bonds. The second kappa shape index (κ2) is 5.38. The van der Waals surface area contributed by atoms with Crippen LogP contribution in [0, 0.1) is 5.92 Å². The quantitative estimate of drug-likeness (QED) is 0.504. The van der Waals surface area contributed by atoms with Gasteiger partial charge in [-0.05, 0) is 5.92 Å². The first-order valence-corrected chi connectivity index (χ1v) is 5.24. The molecule has 1 heterocycles. The van der Waals surface area contributed by atoms with E-state index >= 15 is 0 Å². The molecule has 0 bridgehead atoms. The van der Waals surface area contributed by atoms with Crippen LogP contribution in [0.15, 0.2) is 12.2 Å². The lowest BCUT2D eigenvalue weighted by Gasteiger charge is -2.18. The highest BCUT2D eigenvalue weighted by Crippen LogP contribution is 2.03. The van der Waals surface area contributed by atoms with E-state index in [2.05, 4.69) is 5.32 Å². The summed E-state index contributed by atoms with van der Waals surface area (Å²) < 4.78 is 0. The second-order valence-corrected chi connectivity index (χ2v) is 4.07. The van der Waals surface area contributed by atoms with Gasteiger partial charge < -0.3 is 10.1 Å². The van der Waals surface area contributed by atoms with Crippen LogP contribution in [0.5, 0.6) is 0 Å². The van der Waals surface area contributed by atoms with Gasteiger partial charge in [0.25, 0.3) is 11.8 Å². The predicted octanol–water partition coefficient (Wildman–Crippen LogP) is -0.749. The first kappa shape index (κ1) is 13.1. The molecule has 0 saturated heterocycles. The van der Waals surface area contributed by atoms with Gasteiger partial charge in [-0.2, -0.15) is 0 Å². The van der Waals surface area contributed by atoms with Crippen molar-refractivity contribution in [2.24, 2.45) is 5.92 Å². The van der Waals surface area contributed by atoms with Gasteiger partial charge in [0, 0.05) is 12.2 Å². The lowest BCUT2D eigenvalue weighted by atomic mass is 10.1. The number of imide groups is 1. The number of nitrogens with zero attached hydrogens (tertiary/aromatic N) is 1. The van der Waals surface area contributed by atoms with E-state index in [0.29, 0.717) is 6.29 Å². The van der Waals surface area contributed by atoms with Crippen molar-refractivity contribution in [1.29, 1.82) is 0 Å². The van der Waals surface area contributed by atoms with E-state index in [1.807, 2.05) is 0 Å². The van der Waals surface area contributed by atoms with Crippen molar-refractivity contribution in [3.8, 4) is 0 Å². The van der Waals surface area contributed by atoms with Crippen LogP contribution in [0.4, 0.5) is 0 Å². The Bertz CT molecular complexity index is 369. The minimum atomic E-state index is -0.608. The summed E-state index contributed by atoms with van der Waals surface area (Å²) in [5, 5.41) is 2.45. The Hall–Kier alpha value is -1.98. The first-order chi connectivity index (χ1) is 7.95. The highest BCUT2D eigenvalue weighted by atomic mass is 16.2. The van der Waals surface area contributed by atoms with Crippen molar-refractivity contribution in [3.05, 3.63) is 12.2 Å². The maximum absolute atomic E-state index is 11.5. The highest BCUT2D eigenvalue weighted by molar-refractivity contribution is 6.14. The average Bonchev–Trinajstić information content (AvgIpc) is 2.57. The number of carbonyl (C=O) groups excluding carboxylic acids is 4. The molecule has 0 aromatic rings. The van der Waals surface area contributed by atoms with Crippen LogP contribution in [0.1, 0.15) is 13.8 Å². The molecule has 1 N–H and O–H groups in total. The summed E-state index contributed by atoms with van der Waals surface area (Å²) in [6, 6.07) is -0.608. The molecule has 1 atom stereocenters. The van der Waals surface area contributed by atoms with Gasteiger partial charge in [-0.1, -0.05) is 13.8 Å². The van der Waals surface area contributed by atoms with E-state index in [1.165, 1.54) is 0 Å². The maximum atomic E-state index is 11.5. The fourth-order valence-electron chi connectivity index (χ4n) is 1.32. The van der Waals surface area contributed by atoms with Crippen LogP contribution in [0.2, 0.25) is 0 Å². The second-order valence-electron chi connectivity index (χ2n) is 4.07. The lowest BCUT2D eigenvalue weighted by molar-refractivity contribution is -0.141. The minimum Gasteiger partial charge on any atom is -0.345 e. The smallest absolute Gasteiger partial charge is 0.254 e. The molecule has 17 heavy (non-hydrogen) atoms. The third kappa shape index (κ3) is 3.24. The standard InChI is InChI=1S/C11H14N2O4/c1-7(2)8(6-14)12-9(15)5-13-10(16)3-4-11(13)17/h3-4,6-8H,5H2,1-2H3,(H,12,15)/t8-/m1/s1. The van der Waals surface area contributed by atoms with Crippen LogP contribution in [0.25, 0.3) is 0 Å². The fraction of sp³-hybridized carbons (Fsp3) is 0.455. The molecule has 92 valence electrons. The van der Waals surface area contributed by atoms with Crippen LogP contribution in [-0.2, 0) is 19.2 Å². The van der Waals surface area contributed by atoms with Crippen molar-refractivity contribution in [1.82, 2.24) is 10.2 Å². The number of nitrogens with one attached hydrogen (secondary N) is 1. The van der Waals surface area contributed by atoms with E-state index in [4.69, 9.17) is 0 Å². The number of rotatable bonds is 5. The minimum absolute atomic E-state index is 0.0421. The molecular weight excluding hydrogens is 224 g/mol. The third-order valence-electron chi connectivity index (χ3n) is 2.39. The first-order valence-electron chi connectivity index (χ1n) is 5.24. The summed E-state index contributed by atoms with van der Waals surface area (Å²) in [6.07, 6.45) is 2.85. The Morgan fingerprint density at radius 1 is 1.35 bits per heavy atom. The van der Waals surface area contributed by atoms with E-state index < -0.39 is 23.8 Å². The molecule has 1 rings (SSSR count). The highest BCUT2D eigenvalue weighted by Gasteiger charge is 2.26. The normalized spacial score (nSPS) is 16.5. The molecule has 0 aliphatic carbocycles. The average molecular weight is 238 g/mol. The zero-order valence-electron chi connectivity index (χ0n) is 9.67. The van der Waals surface area contributed by atoms with Crippen LogP contribution < -0.4 is 5.32 Å². The Morgan fingerprint density at radius 3 is 2.29 bits per heavy atom. The molecule has 0 fully saturated rings. The Kier molecular flexibility index (Phi) is 4.14. The predicted molar refractivity (Wildman–Crippen MR) is 58.7 cm³/mol. The monoisotopic (exact) mass is 238 g/mol. The van der Waals surface area contributed by atoms with Crippen molar-refractivity contribution >= 4 is 24.0 Å². The molecule has 0 aromatic heterocycles. The SMILES string of the molecule is CC(C)[C@@H](C=O)NC(=O)CN1C(=O)C=CC1=O. The summed E-state index contributed by atoms with van der Waals surface area (Å²) in [5.41, 5.74) is 0. The summed E-state index contributed by atoms with van der Waals surface area (Å²) >= 11 is 0. The van der Waals surface area contributed by atoms with Gasteiger partial charge in [-0.15, -0.1) is 0 Å². The van der Waals surface area contributed by atoms with Crippen molar-refractivity contribution < 1.29 is 19.2 Å². The molecule has 0 aromatic carbocycles. The van der Waals surface area contributed by atoms with Gasteiger partial charge >= 0.3 is 0 Å². The lowest BCUT2D eigenvalue weighted by Crippen LogP contribution is -2.46. The molecule has 0 radical (unpaired) electrons. The summed E-state index contributed by atoms with van der Waals surface area (Å²) in [4.78, 5) is 45.4. The van der Waals surface area contributed by atoms with Gasteiger partial charge in [0.05, 0.1) is 6.04 Å². The van der Waals surface area contributed by atoms with Crippen LogP contribution in [-0.4, -0.2) is 41.5 Å². The molecule has 0 unspecified atom stereocenters. The van der Waals surface area contributed by atoms with Crippen molar-refractivity contribution in [2.45, 2.75) is 19.9 Å². The molecule has 0 saturated carbocycles. The summed E-state index contributed by atoms with van der Waals surface area (Å²) in [6.45, 7) is 3.21. The third-order valence-corrected chi connectivity index (χ3v) is 2.39. The number of aldehydes is 1. The van der Waals surface area contributed by atoms with Crippen LogP contribution in [0.3, 0.4) is 0 Å². The van der Waals surface area contributed by atoms with Gasteiger partial charge in [0.1, 0.15) is 12.8 Å². The van der Waals surface area contributed by atoms with E-state index in [9.17, 15) is 19.2 Å². The molecule has 0 spiro atoms.